The standard InChI is InChI=1S/C18H21NO6/c1-21-13-9-8-12(10-16(13)23-3)19-17(20)11-25-15-7-5-6-14(22-2)18(15)24-4/h5-10H,11H2,1-4H3,(H,19,20). The van der Waals surface area contributed by atoms with Crippen molar-refractivity contribution in [2.24, 2.45) is 0 Å². The van der Waals surface area contributed by atoms with Gasteiger partial charge in [-0.3, -0.25) is 4.79 Å². The lowest BCUT2D eigenvalue weighted by atomic mass is 10.2. The monoisotopic (exact) mass is 347 g/mol. The molecule has 0 aromatic heterocycles. The van der Waals surface area contributed by atoms with E-state index in [9.17, 15) is 4.79 Å². The molecule has 7 nitrogen and oxygen atoms in total. The highest BCUT2D eigenvalue weighted by molar-refractivity contribution is 5.92. The number of amides is 1. The highest BCUT2D eigenvalue weighted by Gasteiger charge is 2.13. The van der Waals surface area contributed by atoms with Gasteiger partial charge >= 0.3 is 0 Å². The fraction of sp³-hybridized carbons (Fsp3) is 0.278. The Morgan fingerprint density at radius 2 is 1.52 bits per heavy atom. The summed E-state index contributed by atoms with van der Waals surface area (Å²) in [6, 6.07) is 10.3. The summed E-state index contributed by atoms with van der Waals surface area (Å²) in [4.78, 5) is 12.1. The summed E-state index contributed by atoms with van der Waals surface area (Å²) in [5, 5.41) is 2.73. The number of methoxy groups -OCH3 is 4. The normalized spacial score (nSPS) is 9.92. The topological polar surface area (TPSA) is 75.3 Å². The molecule has 134 valence electrons. The number of para-hydroxylation sites is 1. The quantitative estimate of drug-likeness (QED) is 0.791. The maximum Gasteiger partial charge on any atom is 0.262 e. The van der Waals surface area contributed by atoms with Gasteiger partial charge in [0.1, 0.15) is 0 Å². The van der Waals surface area contributed by atoms with Crippen LogP contribution in [-0.4, -0.2) is 41.0 Å². The molecular formula is C18H21NO6. The number of benzene rings is 2. The van der Waals surface area contributed by atoms with Gasteiger partial charge in [-0.15, -0.1) is 0 Å². The molecule has 0 radical (unpaired) electrons. The van der Waals surface area contributed by atoms with Crippen molar-refractivity contribution >= 4 is 11.6 Å². The molecule has 0 spiro atoms. The zero-order valence-electron chi connectivity index (χ0n) is 14.6. The van der Waals surface area contributed by atoms with Crippen LogP contribution in [0, 0.1) is 0 Å². The maximum absolute atomic E-state index is 12.1. The minimum absolute atomic E-state index is 0.183. The summed E-state index contributed by atoms with van der Waals surface area (Å²) in [7, 11) is 6.12. The van der Waals surface area contributed by atoms with E-state index in [1.54, 1.807) is 43.5 Å². The van der Waals surface area contributed by atoms with Crippen molar-refractivity contribution in [3.8, 4) is 28.7 Å². The number of hydrogen-bond acceptors (Lipinski definition) is 6. The second kappa shape index (κ2) is 8.68. The van der Waals surface area contributed by atoms with E-state index in [2.05, 4.69) is 5.32 Å². The lowest BCUT2D eigenvalue weighted by Crippen LogP contribution is -2.20. The van der Waals surface area contributed by atoms with Gasteiger partial charge in [-0.05, 0) is 24.3 Å². The summed E-state index contributed by atoms with van der Waals surface area (Å²) in [5.41, 5.74) is 0.573. The van der Waals surface area contributed by atoms with Crippen molar-refractivity contribution in [3.05, 3.63) is 36.4 Å². The van der Waals surface area contributed by atoms with Crippen molar-refractivity contribution in [3.63, 3.8) is 0 Å². The molecule has 1 N–H and O–H groups in total. The third kappa shape index (κ3) is 4.47. The van der Waals surface area contributed by atoms with Crippen LogP contribution in [-0.2, 0) is 4.79 Å². The number of ether oxygens (including phenoxy) is 5. The predicted octanol–water partition coefficient (Wildman–Crippen LogP) is 2.74. The van der Waals surface area contributed by atoms with Gasteiger partial charge in [0.05, 0.1) is 28.4 Å². The van der Waals surface area contributed by atoms with Gasteiger partial charge in [0.15, 0.2) is 29.6 Å². The smallest absolute Gasteiger partial charge is 0.262 e. The number of nitrogens with one attached hydrogen (secondary N) is 1. The van der Waals surface area contributed by atoms with Gasteiger partial charge < -0.3 is 29.0 Å². The van der Waals surface area contributed by atoms with Crippen LogP contribution in [0.4, 0.5) is 5.69 Å². The molecule has 0 aliphatic carbocycles. The van der Waals surface area contributed by atoms with E-state index in [4.69, 9.17) is 23.7 Å². The zero-order valence-corrected chi connectivity index (χ0v) is 14.6. The molecule has 2 aromatic carbocycles. The fourth-order valence-corrected chi connectivity index (χ4v) is 2.23. The van der Waals surface area contributed by atoms with Crippen LogP contribution in [0.15, 0.2) is 36.4 Å². The summed E-state index contributed by atoms with van der Waals surface area (Å²) >= 11 is 0. The van der Waals surface area contributed by atoms with E-state index in [1.165, 1.54) is 21.3 Å². The molecule has 0 unspecified atom stereocenters. The van der Waals surface area contributed by atoms with Crippen molar-refractivity contribution in [1.29, 1.82) is 0 Å². The van der Waals surface area contributed by atoms with Crippen molar-refractivity contribution in [2.75, 3.05) is 40.4 Å². The Kier molecular flexibility index (Phi) is 6.33. The maximum atomic E-state index is 12.1. The molecule has 7 heteroatoms. The Morgan fingerprint density at radius 3 is 2.16 bits per heavy atom. The first-order valence-electron chi connectivity index (χ1n) is 7.48. The number of carbonyl (C=O) groups excluding carboxylic acids is 1. The van der Waals surface area contributed by atoms with Crippen LogP contribution in [0.3, 0.4) is 0 Å². The van der Waals surface area contributed by atoms with E-state index in [0.717, 1.165) is 0 Å². The van der Waals surface area contributed by atoms with Gasteiger partial charge in [0.2, 0.25) is 5.75 Å². The van der Waals surface area contributed by atoms with Gasteiger partial charge in [-0.25, -0.2) is 0 Å². The average molecular weight is 347 g/mol. The number of anilines is 1. The second-order valence-electron chi connectivity index (χ2n) is 4.90. The average Bonchev–Trinajstić information content (AvgIpc) is 2.65. The van der Waals surface area contributed by atoms with Gasteiger partial charge in [-0.1, -0.05) is 6.07 Å². The molecule has 0 bridgehead atoms. The van der Waals surface area contributed by atoms with Crippen LogP contribution in [0.1, 0.15) is 0 Å². The van der Waals surface area contributed by atoms with E-state index in [-0.39, 0.29) is 12.5 Å². The van der Waals surface area contributed by atoms with E-state index in [0.29, 0.717) is 34.4 Å². The molecule has 0 atom stereocenters. The van der Waals surface area contributed by atoms with Crippen LogP contribution >= 0.6 is 0 Å². The van der Waals surface area contributed by atoms with Crippen molar-refractivity contribution < 1.29 is 28.5 Å². The van der Waals surface area contributed by atoms with Gasteiger partial charge in [-0.2, -0.15) is 0 Å². The Morgan fingerprint density at radius 1 is 0.840 bits per heavy atom. The molecule has 0 fully saturated rings. The molecule has 1 amide bonds. The first-order valence-corrected chi connectivity index (χ1v) is 7.48. The first-order chi connectivity index (χ1) is 12.1. The predicted molar refractivity (Wildman–Crippen MR) is 93.2 cm³/mol. The highest BCUT2D eigenvalue weighted by Crippen LogP contribution is 2.36. The number of carbonyl (C=O) groups is 1. The van der Waals surface area contributed by atoms with E-state index < -0.39 is 0 Å². The third-order valence-corrected chi connectivity index (χ3v) is 3.39. The fourth-order valence-electron chi connectivity index (χ4n) is 2.23. The zero-order chi connectivity index (χ0) is 18.2. The van der Waals surface area contributed by atoms with E-state index >= 15 is 0 Å². The van der Waals surface area contributed by atoms with Gasteiger partial charge in [0, 0.05) is 11.8 Å². The Bertz CT molecular complexity index is 732. The molecule has 2 aromatic rings. The minimum atomic E-state index is -0.322. The SMILES string of the molecule is COc1ccc(NC(=O)COc2cccc(OC)c2OC)cc1OC. The lowest BCUT2D eigenvalue weighted by molar-refractivity contribution is -0.118. The van der Waals surface area contributed by atoms with E-state index in [1.807, 2.05) is 0 Å². The molecule has 0 saturated carbocycles. The largest absolute Gasteiger partial charge is 0.493 e. The number of hydrogen-bond donors (Lipinski definition) is 1. The summed E-state index contributed by atoms with van der Waals surface area (Å²) < 4.78 is 26.4. The summed E-state index contributed by atoms with van der Waals surface area (Å²) in [6.45, 7) is -0.183. The Balaban J connectivity index is 2.02. The highest BCUT2D eigenvalue weighted by atomic mass is 16.5. The lowest BCUT2D eigenvalue weighted by Gasteiger charge is -2.14. The van der Waals surface area contributed by atoms with Crippen LogP contribution in [0.5, 0.6) is 28.7 Å². The molecule has 0 aliphatic heterocycles. The molecule has 0 aliphatic rings. The molecule has 2 rings (SSSR count). The molecular weight excluding hydrogens is 326 g/mol. The molecule has 0 heterocycles. The van der Waals surface area contributed by atoms with Crippen molar-refractivity contribution in [1.82, 2.24) is 0 Å². The Labute approximate surface area is 146 Å². The first kappa shape index (κ1) is 18.3. The van der Waals surface area contributed by atoms with Crippen LogP contribution in [0.25, 0.3) is 0 Å². The molecule has 25 heavy (non-hydrogen) atoms. The molecule has 0 saturated heterocycles. The Hall–Kier alpha value is -3.09. The minimum Gasteiger partial charge on any atom is -0.493 e. The summed E-state index contributed by atoms with van der Waals surface area (Å²) in [5.74, 6) is 2.17. The van der Waals surface area contributed by atoms with Crippen LogP contribution in [0.2, 0.25) is 0 Å². The van der Waals surface area contributed by atoms with Crippen molar-refractivity contribution in [2.45, 2.75) is 0 Å². The second-order valence-corrected chi connectivity index (χ2v) is 4.90. The van der Waals surface area contributed by atoms with Gasteiger partial charge in [0.25, 0.3) is 5.91 Å². The summed E-state index contributed by atoms with van der Waals surface area (Å²) in [6.07, 6.45) is 0. The van der Waals surface area contributed by atoms with Crippen LogP contribution < -0.4 is 29.0 Å². The third-order valence-electron chi connectivity index (χ3n) is 3.39. The number of rotatable bonds is 8.